The van der Waals surface area contributed by atoms with Crippen LogP contribution in [0.1, 0.15) is 0 Å². The van der Waals surface area contributed by atoms with Gasteiger partial charge in [0.15, 0.2) is 0 Å². The van der Waals surface area contributed by atoms with Crippen LogP contribution in [0, 0.1) is 0 Å². The second-order valence-corrected chi connectivity index (χ2v) is 8.26. The van der Waals surface area contributed by atoms with Gasteiger partial charge in [0.25, 0.3) is 0 Å². The summed E-state index contributed by atoms with van der Waals surface area (Å²) in [6.45, 7) is 0. The maximum absolute atomic E-state index is 11.7. The number of rotatable bonds is 0. The number of fused-ring (bicyclic) bond motifs is 1. The minimum Gasteiger partial charge on any atom is -0.249 e. The largest absolute Gasteiger partial charge is 0.249 e. The Kier molecular flexibility index (Phi) is 2.83. The predicted molar refractivity (Wildman–Crippen MR) is 70.6 cm³/mol. The van der Waals surface area contributed by atoms with Crippen molar-refractivity contribution >= 4 is 45.1 Å². The summed E-state index contributed by atoms with van der Waals surface area (Å²) in [5, 5.41) is 3.01. The van der Waals surface area contributed by atoms with Crippen LogP contribution in [-0.2, 0) is 21.6 Å². The quantitative estimate of drug-likeness (QED) is 0.734. The first-order valence-corrected chi connectivity index (χ1v) is 8.50. The maximum Gasteiger partial charge on any atom is 0.132 e. The van der Waals surface area contributed by atoms with Crippen molar-refractivity contribution in [2.75, 3.05) is 0 Å². The van der Waals surface area contributed by atoms with Crippen LogP contribution in [0.25, 0.3) is 0 Å². The fourth-order valence-corrected chi connectivity index (χ4v) is 7.39. The molecule has 0 saturated heterocycles. The smallest absolute Gasteiger partial charge is 0.132 e. The highest BCUT2D eigenvalue weighted by Gasteiger charge is 2.28. The van der Waals surface area contributed by atoms with Gasteiger partial charge in [0.2, 0.25) is 0 Å². The zero-order valence-electron chi connectivity index (χ0n) is 7.91. The van der Waals surface area contributed by atoms with Crippen LogP contribution in [0.15, 0.2) is 53.3 Å². The van der Waals surface area contributed by atoms with Gasteiger partial charge in [-0.15, -0.1) is 0 Å². The van der Waals surface area contributed by atoms with E-state index in [1.54, 1.807) is 23.5 Å². The Balaban J connectivity index is 2.05. The highest BCUT2D eigenvalue weighted by Crippen LogP contribution is 2.53. The van der Waals surface area contributed by atoms with Crippen LogP contribution >= 0.6 is 23.5 Å². The van der Waals surface area contributed by atoms with Crippen molar-refractivity contribution in [2.45, 2.75) is 9.79 Å². The Morgan fingerprint density at radius 1 is 0.875 bits per heavy atom. The van der Waals surface area contributed by atoms with Crippen LogP contribution in [0.3, 0.4) is 0 Å². The van der Waals surface area contributed by atoms with Crippen molar-refractivity contribution in [3.63, 3.8) is 0 Å². The summed E-state index contributed by atoms with van der Waals surface area (Å²) in [5.41, 5.74) is 0. The first kappa shape index (κ1) is 10.8. The molecule has 0 spiro atoms. The molecule has 1 aromatic carbocycles. The molecule has 0 radical (unpaired) electrons. The molecule has 0 fully saturated rings. The lowest BCUT2D eigenvalue weighted by Crippen LogP contribution is -1.91. The summed E-state index contributed by atoms with van der Waals surface area (Å²) < 4.78 is 24.8. The summed E-state index contributed by atoms with van der Waals surface area (Å²) in [7, 11) is -2.42. The van der Waals surface area contributed by atoms with Gasteiger partial charge in [-0.05, 0) is 12.1 Å². The number of thioether (sulfide) groups is 2. The molecule has 2 atom stereocenters. The highest BCUT2D eigenvalue weighted by molar-refractivity contribution is 8.27. The Labute approximate surface area is 106 Å². The van der Waals surface area contributed by atoms with Crippen molar-refractivity contribution in [3.05, 3.63) is 43.6 Å². The second kappa shape index (κ2) is 4.18. The lowest BCUT2D eigenvalue weighted by atomic mass is 10.4. The summed E-state index contributed by atoms with van der Waals surface area (Å²) >= 11 is 3.11. The Morgan fingerprint density at radius 2 is 1.38 bits per heavy atom. The third kappa shape index (κ3) is 1.73. The zero-order valence-corrected chi connectivity index (χ0v) is 11.2. The first-order chi connectivity index (χ1) is 7.75. The molecule has 0 aromatic heterocycles. The fourth-order valence-electron chi connectivity index (χ4n) is 1.39. The topological polar surface area (TPSA) is 34.1 Å². The molecular weight excluding hydrogens is 280 g/mol. The average molecular weight is 286 g/mol. The van der Waals surface area contributed by atoms with Gasteiger partial charge < -0.3 is 0 Å². The van der Waals surface area contributed by atoms with E-state index in [9.17, 15) is 8.42 Å². The molecule has 3 rings (SSSR count). The standard InChI is InChI=1S/C10H6O2S4/c11-15-5-6-16(12)10(15)9-13-7-3-1-2-4-8(7)14-9/h1-6H. The molecule has 2 unspecified atom stereocenters. The molecule has 2 nitrogen and oxygen atoms in total. The second-order valence-electron chi connectivity index (χ2n) is 3.09. The van der Waals surface area contributed by atoms with Crippen molar-refractivity contribution in [1.82, 2.24) is 0 Å². The van der Waals surface area contributed by atoms with Crippen LogP contribution in [0.5, 0.6) is 0 Å². The number of hydrogen-bond donors (Lipinski definition) is 0. The average Bonchev–Trinajstić information content (AvgIpc) is 2.82. The number of benzene rings is 1. The third-order valence-corrected chi connectivity index (χ3v) is 8.23. The predicted octanol–water partition coefficient (Wildman–Crippen LogP) is 2.99. The van der Waals surface area contributed by atoms with E-state index < -0.39 is 21.6 Å². The molecule has 82 valence electrons. The van der Waals surface area contributed by atoms with E-state index in [2.05, 4.69) is 0 Å². The van der Waals surface area contributed by atoms with Crippen molar-refractivity contribution < 1.29 is 8.42 Å². The maximum atomic E-state index is 11.7. The molecule has 0 amide bonds. The molecule has 0 saturated carbocycles. The third-order valence-electron chi connectivity index (χ3n) is 2.09. The minimum atomic E-state index is -1.21. The van der Waals surface area contributed by atoms with Crippen LogP contribution in [0.2, 0.25) is 0 Å². The molecule has 2 aliphatic rings. The van der Waals surface area contributed by atoms with Crippen LogP contribution < -0.4 is 0 Å². The lowest BCUT2D eigenvalue weighted by molar-refractivity contribution is 0.690. The SMILES string of the molecule is O=S1C=CS(=O)C1=C1Sc2ccccc2S1. The van der Waals surface area contributed by atoms with E-state index in [-0.39, 0.29) is 0 Å². The molecule has 0 bridgehead atoms. The summed E-state index contributed by atoms with van der Waals surface area (Å²) in [6, 6.07) is 7.99. The van der Waals surface area contributed by atoms with Gasteiger partial charge in [0.05, 0.1) is 25.8 Å². The van der Waals surface area contributed by atoms with Gasteiger partial charge in [-0.2, -0.15) is 0 Å². The van der Waals surface area contributed by atoms with Gasteiger partial charge in [-0.3, -0.25) is 0 Å². The van der Waals surface area contributed by atoms with Gasteiger partial charge in [0, 0.05) is 20.6 Å². The van der Waals surface area contributed by atoms with Gasteiger partial charge >= 0.3 is 0 Å². The molecule has 6 heteroatoms. The molecule has 2 aliphatic heterocycles. The zero-order chi connectivity index (χ0) is 11.1. The van der Waals surface area contributed by atoms with Gasteiger partial charge in [-0.1, -0.05) is 35.7 Å². The van der Waals surface area contributed by atoms with E-state index in [4.69, 9.17) is 0 Å². The van der Waals surface area contributed by atoms with E-state index in [1.165, 1.54) is 10.8 Å². The molecule has 1 aromatic rings. The van der Waals surface area contributed by atoms with E-state index in [0.29, 0.717) is 4.24 Å². The van der Waals surface area contributed by atoms with E-state index in [0.717, 1.165) is 14.0 Å². The summed E-state index contributed by atoms with van der Waals surface area (Å²) in [6.07, 6.45) is 0. The first-order valence-electron chi connectivity index (χ1n) is 4.44. The highest BCUT2D eigenvalue weighted by atomic mass is 32.3. The Hall–Kier alpha value is -0.300. The van der Waals surface area contributed by atoms with Gasteiger partial charge in [0.1, 0.15) is 4.24 Å². The monoisotopic (exact) mass is 286 g/mol. The normalized spacial score (nSPS) is 27.5. The van der Waals surface area contributed by atoms with E-state index >= 15 is 0 Å². The summed E-state index contributed by atoms with van der Waals surface area (Å²) in [5.74, 6) is 0. The molecule has 0 N–H and O–H groups in total. The van der Waals surface area contributed by atoms with Crippen molar-refractivity contribution in [1.29, 1.82) is 0 Å². The lowest BCUT2D eigenvalue weighted by Gasteiger charge is -1.98. The molecule has 2 heterocycles. The fraction of sp³-hybridized carbons (Fsp3) is 0. The summed E-state index contributed by atoms with van der Waals surface area (Å²) in [4.78, 5) is 2.30. The minimum absolute atomic E-state index is 0.547. The number of hydrogen-bond acceptors (Lipinski definition) is 4. The molecular formula is C10H6O2S4. The van der Waals surface area contributed by atoms with Crippen LogP contribution in [-0.4, -0.2) is 8.42 Å². The molecule has 16 heavy (non-hydrogen) atoms. The van der Waals surface area contributed by atoms with Crippen molar-refractivity contribution in [2.24, 2.45) is 0 Å². The van der Waals surface area contributed by atoms with Gasteiger partial charge in [-0.25, -0.2) is 8.42 Å². The Morgan fingerprint density at radius 3 is 1.88 bits per heavy atom. The Bertz CT molecular complexity index is 527. The molecule has 0 aliphatic carbocycles. The van der Waals surface area contributed by atoms with Crippen molar-refractivity contribution in [3.8, 4) is 0 Å². The van der Waals surface area contributed by atoms with E-state index in [1.807, 2.05) is 24.3 Å². The van der Waals surface area contributed by atoms with Crippen LogP contribution in [0.4, 0.5) is 0 Å².